The summed E-state index contributed by atoms with van der Waals surface area (Å²) >= 11 is 0. The van der Waals surface area contributed by atoms with Crippen molar-refractivity contribution in [1.29, 1.82) is 0 Å². The van der Waals surface area contributed by atoms with Gasteiger partial charge in [0.2, 0.25) is 0 Å². The summed E-state index contributed by atoms with van der Waals surface area (Å²) in [6, 6.07) is 9.26. The smallest absolute Gasteiger partial charge is 0.119 e. The van der Waals surface area contributed by atoms with Gasteiger partial charge >= 0.3 is 0 Å². The van der Waals surface area contributed by atoms with E-state index in [1.165, 1.54) is 24.9 Å². The van der Waals surface area contributed by atoms with Crippen LogP contribution >= 0.6 is 0 Å². The molecule has 0 bridgehead atoms. The van der Waals surface area contributed by atoms with Crippen LogP contribution in [0, 0.1) is 0 Å². The van der Waals surface area contributed by atoms with Gasteiger partial charge in [0.25, 0.3) is 0 Å². The van der Waals surface area contributed by atoms with Gasteiger partial charge in [-0.05, 0) is 70.8 Å². The fraction of sp³-hybridized carbons (Fsp3) is 0.625. The molecule has 0 amide bonds. The van der Waals surface area contributed by atoms with E-state index in [2.05, 4.69) is 57.0 Å². The van der Waals surface area contributed by atoms with Crippen molar-refractivity contribution in [3.05, 3.63) is 29.8 Å². The molecule has 2 heteroatoms. The summed E-state index contributed by atoms with van der Waals surface area (Å²) < 4.78 is 5.79. The van der Waals surface area contributed by atoms with Crippen LogP contribution in [0.3, 0.4) is 0 Å². The van der Waals surface area contributed by atoms with Crippen molar-refractivity contribution in [3.63, 3.8) is 0 Å². The minimum atomic E-state index is 0.242. The van der Waals surface area contributed by atoms with E-state index >= 15 is 0 Å². The fourth-order valence-electron chi connectivity index (χ4n) is 2.85. The van der Waals surface area contributed by atoms with Crippen molar-refractivity contribution in [2.24, 2.45) is 0 Å². The molecule has 0 radical (unpaired) electrons. The first-order valence-corrected chi connectivity index (χ1v) is 7.05. The van der Waals surface area contributed by atoms with Crippen molar-refractivity contribution in [3.8, 4) is 5.75 Å². The van der Waals surface area contributed by atoms with Gasteiger partial charge in [-0.15, -0.1) is 0 Å². The Morgan fingerprint density at radius 1 is 1.33 bits per heavy atom. The lowest BCUT2D eigenvalue weighted by Crippen LogP contribution is -2.39. The highest BCUT2D eigenvalue weighted by Gasteiger charge is 2.26. The van der Waals surface area contributed by atoms with Crippen molar-refractivity contribution < 1.29 is 4.74 Å². The molecule has 0 saturated carbocycles. The number of likely N-dealkylation sites (tertiary alicyclic amines) is 1. The van der Waals surface area contributed by atoms with E-state index in [0.717, 1.165) is 5.75 Å². The normalized spacial score (nSPS) is 25.4. The first kappa shape index (κ1) is 13.4. The van der Waals surface area contributed by atoms with Crippen LogP contribution in [0.4, 0.5) is 0 Å². The van der Waals surface area contributed by atoms with Gasteiger partial charge in [0.15, 0.2) is 0 Å². The van der Waals surface area contributed by atoms with E-state index in [-0.39, 0.29) is 6.10 Å². The molecule has 18 heavy (non-hydrogen) atoms. The summed E-state index contributed by atoms with van der Waals surface area (Å²) in [4.78, 5) is 2.46. The summed E-state index contributed by atoms with van der Waals surface area (Å²) in [5.41, 5.74) is 1.42. The molecule has 100 valence electrons. The molecule has 0 aliphatic carbocycles. The Bertz CT molecular complexity index is 388. The second-order valence-electron chi connectivity index (χ2n) is 5.71. The van der Waals surface area contributed by atoms with Gasteiger partial charge in [-0.3, -0.25) is 0 Å². The Morgan fingerprint density at radius 2 is 2.11 bits per heavy atom. The molecule has 1 aliphatic rings. The lowest BCUT2D eigenvalue weighted by molar-refractivity contribution is 0.173. The molecule has 2 unspecified atom stereocenters. The average Bonchev–Trinajstić information content (AvgIpc) is 2.32. The van der Waals surface area contributed by atoms with Crippen LogP contribution in [-0.4, -0.2) is 30.6 Å². The maximum atomic E-state index is 5.79. The number of hydrogen-bond acceptors (Lipinski definition) is 2. The van der Waals surface area contributed by atoms with Gasteiger partial charge in [0.1, 0.15) is 5.75 Å². The van der Waals surface area contributed by atoms with E-state index < -0.39 is 0 Å². The highest BCUT2D eigenvalue weighted by Crippen LogP contribution is 2.33. The molecule has 0 aromatic heterocycles. The van der Waals surface area contributed by atoms with Crippen LogP contribution in [0.5, 0.6) is 5.75 Å². The number of likely N-dealkylation sites (N-methyl/N-ethyl adjacent to an activating group) is 1. The Balaban J connectivity index is 2.16. The van der Waals surface area contributed by atoms with Crippen molar-refractivity contribution in [2.45, 2.75) is 51.7 Å². The fourth-order valence-corrected chi connectivity index (χ4v) is 2.85. The zero-order chi connectivity index (χ0) is 13.1. The van der Waals surface area contributed by atoms with Gasteiger partial charge in [0.05, 0.1) is 6.10 Å². The zero-order valence-electron chi connectivity index (χ0n) is 12.0. The molecule has 1 heterocycles. The van der Waals surface area contributed by atoms with E-state index in [1.54, 1.807) is 0 Å². The lowest BCUT2D eigenvalue weighted by Gasteiger charge is -2.37. The second-order valence-corrected chi connectivity index (χ2v) is 5.71. The summed E-state index contributed by atoms with van der Waals surface area (Å²) in [5, 5.41) is 0. The maximum Gasteiger partial charge on any atom is 0.119 e. The molecule has 1 saturated heterocycles. The van der Waals surface area contributed by atoms with Crippen molar-refractivity contribution >= 4 is 0 Å². The van der Waals surface area contributed by atoms with Gasteiger partial charge in [-0.1, -0.05) is 12.1 Å². The predicted octanol–water partition coefficient (Wildman–Crippen LogP) is 3.67. The Kier molecular flexibility index (Phi) is 4.28. The first-order valence-electron chi connectivity index (χ1n) is 7.05. The molecular formula is C16H25NO. The largest absolute Gasteiger partial charge is 0.491 e. The third kappa shape index (κ3) is 3.05. The Hall–Kier alpha value is -1.02. The van der Waals surface area contributed by atoms with E-state index in [1.807, 2.05) is 0 Å². The number of hydrogen-bond donors (Lipinski definition) is 0. The molecule has 2 rings (SSSR count). The Morgan fingerprint density at radius 3 is 2.83 bits per heavy atom. The Labute approximate surface area is 111 Å². The predicted molar refractivity (Wildman–Crippen MR) is 76.3 cm³/mol. The third-order valence-electron chi connectivity index (χ3n) is 3.96. The van der Waals surface area contributed by atoms with Gasteiger partial charge in [-0.25, -0.2) is 0 Å². The highest BCUT2D eigenvalue weighted by atomic mass is 16.5. The molecule has 2 nitrogen and oxygen atoms in total. The van der Waals surface area contributed by atoms with Crippen LogP contribution < -0.4 is 4.74 Å². The molecule has 0 N–H and O–H groups in total. The van der Waals surface area contributed by atoms with Crippen LogP contribution in [0.1, 0.15) is 45.1 Å². The number of rotatable bonds is 3. The minimum Gasteiger partial charge on any atom is -0.491 e. The topological polar surface area (TPSA) is 12.5 Å². The lowest BCUT2D eigenvalue weighted by atomic mass is 9.84. The second kappa shape index (κ2) is 5.75. The first-order chi connectivity index (χ1) is 8.58. The van der Waals surface area contributed by atoms with E-state index in [0.29, 0.717) is 12.0 Å². The molecule has 1 fully saturated rings. The third-order valence-corrected chi connectivity index (χ3v) is 3.96. The molecule has 0 spiro atoms. The summed E-state index contributed by atoms with van der Waals surface area (Å²) in [5.74, 6) is 1.64. The minimum absolute atomic E-state index is 0.242. The van der Waals surface area contributed by atoms with Crippen molar-refractivity contribution in [2.75, 3.05) is 13.6 Å². The summed E-state index contributed by atoms with van der Waals surface area (Å²) in [6.45, 7) is 7.70. The van der Waals surface area contributed by atoms with Crippen LogP contribution in [0.15, 0.2) is 24.3 Å². The number of benzene rings is 1. The summed E-state index contributed by atoms with van der Waals surface area (Å²) in [7, 11) is 2.23. The molecule has 1 aromatic rings. The van der Waals surface area contributed by atoms with Crippen molar-refractivity contribution in [1.82, 2.24) is 4.90 Å². The van der Waals surface area contributed by atoms with Gasteiger partial charge < -0.3 is 9.64 Å². The van der Waals surface area contributed by atoms with E-state index in [4.69, 9.17) is 4.74 Å². The summed E-state index contributed by atoms with van der Waals surface area (Å²) in [6.07, 6.45) is 2.82. The average molecular weight is 247 g/mol. The standard InChI is InChI=1S/C16H25NO/c1-12(2)18-15-8-5-7-14(11-15)16-9-6-10-17(4)13(16)3/h5,7-8,11-13,16H,6,9-10H2,1-4H3. The number of piperidine rings is 1. The molecule has 2 atom stereocenters. The monoisotopic (exact) mass is 247 g/mol. The SMILES string of the molecule is CC(C)Oc1cccc(C2CCCN(C)C2C)c1. The number of nitrogens with zero attached hydrogens (tertiary/aromatic N) is 1. The quantitative estimate of drug-likeness (QED) is 0.808. The maximum absolute atomic E-state index is 5.79. The van der Waals surface area contributed by atoms with Crippen LogP contribution in [0.2, 0.25) is 0 Å². The molecular weight excluding hydrogens is 222 g/mol. The van der Waals surface area contributed by atoms with Crippen LogP contribution in [0.25, 0.3) is 0 Å². The highest BCUT2D eigenvalue weighted by molar-refractivity contribution is 5.32. The van der Waals surface area contributed by atoms with Crippen LogP contribution in [-0.2, 0) is 0 Å². The molecule has 1 aromatic carbocycles. The van der Waals surface area contributed by atoms with Gasteiger partial charge in [-0.2, -0.15) is 0 Å². The number of ether oxygens (including phenoxy) is 1. The van der Waals surface area contributed by atoms with E-state index in [9.17, 15) is 0 Å². The zero-order valence-corrected chi connectivity index (χ0v) is 12.0. The van der Waals surface area contributed by atoms with Gasteiger partial charge in [0, 0.05) is 6.04 Å². The molecule has 1 aliphatic heterocycles.